The van der Waals surface area contributed by atoms with Crippen LogP contribution in [0.3, 0.4) is 0 Å². The fourth-order valence-corrected chi connectivity index (χ4v) is 3.87. The predicted molar refractivity (Wildman–Crippen MR) is 88.9 cm³/mol. The Labute approximate surface area is 142 Å². The lowest BCUT2D eigenvalue weighted by Gasteiger charge is -2.32. The minimum absolute atomic E-state index is 0.0543. The van der Waals surface area contributed by atoms with Crippen molar-refractivity contribution >= 4 is 15.9 Å². The second-order valence-corrected chi connectivity index (χ2v) is 7.98. The van der Waals surface area contributed by atoms with E-state index in [1.54, 1.807) is 0 Å². The fraction of sp³-hybridized carbons (Fsp3) is 0.562. The van der Waals surface area contributed by atoms with E-state index >= 15 is 0 Å². The normalized spacial score (nSPS) is 20.0. The third-order valence-electron chi connectivity index (χ3n) is 4.55. The van der Waals surface area contributed by atoms with Crippen LogP contribution in [0.1, 0.15) is 36.0 Å². The van der Waals surface area contributed by atoms with Gasteiger partial charge in [-0.2, -0.15) is 0 Å². The zero-order valence-corrected chi connectivity index (χ0v) is 14.5. The van der Waals surface area contributed by atoms with Crippen LogP contribution in [0.2, 0.25) is 0 Å². The van der Waals surface area contributed by atoms with Gasteiger partial charge >= 0.3 is 0 Å². The highest BCUT2D eigenvalue weighted by Gasteiger charge is 2.32. The molecule has 24 heavy (non-hydrogen) atoms. The van der Waals surface area contributed by atoms with Crippen molar-refractivity contribution in [3.05, 3.63) is 29.8 Å². The minimum Gasteiger partial charge on any atom is -0.349 e. The minimum atomic E-state index is -3.70. The molecule has 1 amide bonds. The van der Waals surface area contributed by atoms with E-state index in [4.69, 9.17) is 0 Å². The molecule has 1 aliphatic heterocycles. The van der Waals surface area contributed by atoms with Gasteiger partial charge in [-0.05, 0) is 49.9 Å². The Kier molecular flexibility index (Phi) is 5.19. The first-order valence-corrected chi connectivity index (χ1v) is 9.67. The average molecular weight is 353 g/mol. The standard InChI is InChI=1S/C16H23N3O4S/c1-23-18-24(21,22)15-6-2-12(3-7-15)16(20)17-13-8-10-19(11-9-13)14-4-5-14/h2-3,6-7,13-14,18H,4-5,8-11H2,1H3,(H,17,20). The van der Waals surface area contributed by atoms with Crippen LogP contribution in [0, 0.1) is 0 Å². The van der Waals surface area contributed by atoms with Crippen molar-refractivity contribution in [2.75, 3.05) is 20.2 Å². The van der Waals surface area contributed by atoms with Crippen LogP contribution >= 0.6 is 0 Å². The topological polar surface area (TPSA) is 87.7 Å². The Bertz CT molecular complexity index is 678. The maximum absolute atomic E-state index is 12.3. The van der Waals surface area contributed by atoms with E-state index in [0.29, 0.717) is 5.56 Å². The van der Waals surface area contributed by atoms with Gasteiger partial charge in [-0.1, -0.05) is 4.89 Å². The largest absolute Gasteiger partial charge is 0.349 e. The lowest BCUT2D eigenvalue weighted by Crippen LogP contribution is -2.45. The lowest BCUT2D eigenvalue weighted by atomic mass is 10.0. The van der Waals surface area contributed by atoms with Crippen LogP contribution in [-0.4, -0.2) is 51.5 Å². The molecule has 3 rings (SSSR count). The summed E-state index contributed by atoms with van der Waals surface area (Å²) >= 11 is 0. The third-order valence-corrected chi connectivity index (χ3v) is 5.83. The van der Waals surface area contributed by atoms with E-state index in [2.05, 4.69) is 15.1 Å². The molecule has 1 aromatic rings. The van der Waals surface area contributed by atoms with Gasteiger partial charge in [-0.25, -0.2) is 8.42 Å². The Balaban J connectivity index is 1.55. The number of sulfonamides is 1. The monoisotopic (exact) mass is 353 g/mol. The summed E-state index contributed by atoms with van der Waals surface area (Å²) in [6.45, 7) is 2.07. The van der Waals surface area contributed by atoms with Crippen LogP contribution in [0.15, 0.2) is 29.2 Å². The zero-order chi connectivity index (χ0) is 17.2. The number of carbonyl (C=O) groups is 1. The summed E-state index contributed by atoms with van der Waals surface area (Å²) in [4.78, 5) is 21.3. The van der Waals surface area contributed by atoms with Crippen molar-refractivity contribution in [1.29, 1.82) is 0 Å². The molecule has 7 nitrogen and oxygen atoms in total. The van der Waals surface area contributed by atoms with E-state index in [9.17, 15) is 13.2 Å². The Morgan fingerprint density at radius 1 is 1.12 bits per heavy atom. The van der Waals surface area contributed by atoms with Crippen molar-refractivity contribution in [3.63, 3.8) is 0 Å². The summed E-state index contributed by atoms with van der Waals surface area (Å²) in [6.07, 6.45) is 4.55. The summed E-state index contributed by atoms with van der Waals surface area (Å²) in [5.74, 6) is -0.163. The molecule has 0 radical (unpaired) electrons. The maximum atomic E-state index is 12.3. The summed E-state index contributed by atoms with van der Waals surface area (Å²) in [7, 11) is -2.47. The van der Waals surface area contributed by atoms with E-state index < -0.39 is 10.0 Å². The molecule has 0 atom stereocenters. The predicted octanol–water partition coefficient (Wildman–Crippen LogP) is 0.883. The summed E-state index contributed by atoms with van der Waals surface area (Å²) < 4.78 is 23.6. The number of nitrogens with zero attached hydrogens (tertiary/aromatic N) is 1. The van der Waals surface area contributed by atoms with Gasteiger partial charge in [0.15, 0.2) is 0 Å². The number of hydrogen-bond acceptors (Lipinski definition) is 5. The molecular formula is C16H23N3O4S. The molecule has 2 aliphatic rings. The number of rotatable bonds is 6. The first-order chi connectivity index (χ1) is 11.5. The number of likely N-dealkylation sites (tertiary alicyclic amines) is 1. The van der Waals surface area contributed by atoms with Crippen molar-refractivity contribution < 1.29 is 18.0 Å². The van der Waals surface area contributed by atoms with Crippen molar-refractivity contribution in [1.82, 2.24) is 15.1 Å². The SMILES string of the molecule is CONS(=O)(=O)c1ccc(C(=O)NC2CCN(C3CC3)CC2)cc1. The highest BCUT2D eigenvalue weighted by molar-refractivity contribution is 7.89. The van der Waals surface area contributed by atoms with E-state index in [-0.39, 0.29) is 16.8 Å². The van der Waals surface area contributed by atoms with E-state index in [1.807, 2.05) is 4.89 Å². The van der Waals surface area contributed by atoms with Crippen molar-refractivity contribution in [3.8, 4) is 0 Å². The molecule has 1 saturated carbocycles. The highest BCUT2D eigenvalue weighted by Crippen LogP contribution is 2.29. The van der Waals surface area contributed by atoms with Gasteiger partial charge in [0.05, 0.1) is 12.0 Å². The highest BCUT2D eigenvalue weighted by atomic mass is 32.2. The molecule has 1 saturated heterocycles. The van der Waals surface area contributed by atoms with Gasteiger partial charge < -0.3 is 10.2 Å². The van der Waals surface area contributed by atoms with Gasteiger partial charge in [0.25, 0.3) is 15.9 Å². The lowest BCUT2D eigenvalue weighted by molar-refractivity contribution is 0.0909. The number of hydrogen-bond donors (Lipinski definition) is 2. The first kappa shape index (κ1) is 17.3. The summed E-state index contributed by atoms with van der Waals surface area (Å²) in [6, 6.07) is 6.78. The molecule has 8 heteroatoms. The molecule has 0 aromatic heterocycles. The summed E-state index contributed by atoms with van der Waals surface area (Å²) in [5, 5.41) is 3.04. The van der Waals surface area contributed by atoms with Gasteiger partial charge in [-0.15, -0.1) is 0 Å². The average Bonchev–Trinajstić information content (AvgIpc) is 3.40. The Morgan fingerprint density at radius 2 is 1.75 bits per heavy atom. The van der Waals surface area contributed by atoms with Gasteiger partial charge in [-0.3, -0.25) is 9.63 Å². The Morgan fingerprint density at radius 3 is 2.29 bits per heavy atom. The smallest absolute Gasteiger partial charge is 0.262 e. The quantitative estimate of drug-likeness (QED) is 0.742. The van der Waals surface area contributed by atoms with Crippen LogP contribution in [0.4, 0.5) is 0 Å². The molecule has 1 aliphatic carbocycles. The van der Waals surface area contributed by atoms with E-state index in [0.717, 1.165) is 32.0 Å². The molecule has 0 unspecified atom stereocenters. The van der Waals surface area contributed by atoms with Crippen LogP contribution < -0.4 is 10.2 Å². The number of benzene rings is 1. The number of carbonyl (C=O) groups excluding carboxylic acids is 1. The fourth-order valence-electron chi connectivity index (χ4n) is 3.06. The molecule has 2 fully saturated rings. The Hall–Kier alpha value is -1.48. The molecule has 0 bridgehead atoms. The van der Waals surface area contributed by atoms with Gasteiger partial charge in [0.2, 0.25) is 0 Å². The number of amides is 1. The molecule has 2 N–H and O–H groups in total. The second-order valence-electron chi connectivity index (χ2n) is 6.33. The zero-order valence-electron chi connectivity index (χ0n) is 13.7. The molecule has 132 valence electrons. The maximum Gasteiger partial charge on any atom is 0.262 e. The van der Waals surface area contributed by atoms with Crippen molar-refractivity contribution in [2.45, 2.75) is 42.7 Å². The van der Waals surface area contributed by atoms with E-state index in [1.165, 1.54) is 44.2 Å². The molecule has 1 aromatic carbocycles. The molecule has 0 spiro atoms. The van der Waals surface area contributed by atoms with Crippen LogP contribution in [0.25, 0.3) is 0 Å². The number of nitrogens with one attached hydrogen (secondary N) is 2. The van der Waals surface area contributed by atoms with Crippen LogP contribution in [0.5, 0.6) is 0 Å². The first-order valence-electron chi connectivity index (χ1n) is 8.19. The molecular weight excluding hydrogens is 330 g/mol. The van der Waals surface area contributed by atoms with Gasteiger partial charge in [0, 0.05) is 30.7 Å². The van der Waals surface area contributed by atoms with Crippen LogP contribution in [-0.2, 0) is 14.9 Å². The second kappa shape index (κ2) is 7.18. The summed E-state index contributed by atoms with van der Waals surface area (Å²) in [5.41, 5.74) is 0.455. The number of piperidine rings is 1. The van der Waals surface area contributed by atoms with Crippen molar-refractivity contribution in [2.24, 2.45) is 0 Å². The van der Waals surface area contributed by atoms with Gasteiger partial charge in [0.1, 0.15) is 0 Å². The molecule has 1 heterocycles. The third kappa shape index (κ3) is 4.13.